The first-order valence-corrected chi connectivity index (χ1v) is 5.70. The number of amides is 1. The second-order valence-electron chi connectivity index (χ2n) is 4.22. The molecule has 5 nitrogen and oxygen atoms in total. The van der Waals surface area contributed by atoms with Crippen molar-refractivity contribution in [1.29, 1.82) is 5.26 Å². The van der Waals surface area contributed by atoms with Gasteiger partial charge in [0.15, 0.2) is 11.6 Å². The van der Waals surface area contributed by atoms with Crippen molar-refractivity contribution in [3.63, 3.8) is 0 Å². The summed E-state index contributed by atoms with van der Waals surface area (Å²) in [6.45, 7) is 0.976. The van der Waals surface area contributed by atoms with Gasteiger partial charge < -0.3 is 16.0 Å². The van der Waals surface area contributed by atoms with E-state index in [1.54, 1.807) is 6.07 Å². The molecule has 1 aliphatic rings. The first kappa shape index (κ1) is 13.2. The van der Waals surface area contributed by atoms with Crippen LogP contribution in [-0.2, 0) is 4.79 Å². The molecule has 19 heavy (non-hydrogen) atoms. The van der Waals surface area contributed by atoms with Gasteiger partial charge in [0, 0.05) is 19.6 Å². The predicted octanol–water partition coefficient (Wildman–Crippen LogP) is 0.1000. The average molecular weight is 266 g/mol. The van der Waals surface area contributed by atoms with E-state index in [2.05, 4.69) is 5.32 Å². The normalized spacial score (nSPS) is 19.0. The Kier molecular flexibility index (Phi) is 3.62. The summed E-state index contributed by atoms with van der Waals surface area (Å²) in [6, 6.07) is 2.74. The second-order valence-corrected chi connectivity index (χ2v) is 4.22. The van der Waals surface area contributed by atoms with E-state index < -0.39 is 23.6 Å². The lowest BCUT2D eigenvalue weighted by Crippen LogP contribution is -2.57. The maximum absolute atomic E-state index is 13.9. The fourth-order valence-corrected chi connectivity index (χ4v) is 2.13. The molecule has 2 rings (SSSR count). The number of anilines is 1. The third kappa shape index (κ3) is 2.48. The van der Waals surface area contributed by atoms with Gasteiger partial charge >= 0.3 is 0 Å². The van der Waals surface area contributed by atoms with E-state index in [1.165, 1.54) is 4.90 Å². The molecule has 1 aromatic carbocycles. The zero-order valence-corrected chi connectivity index (χ0v) is 9.99. The molecule has 3 N–H and O–H groups in total. The Labute approximate surface area is 108 Å². The van der Waals surface area contributed by atoms with E-state index >= 15 is 0 Å². The van der Waals surface area contributed by atoms with Gasteiger partial charge in [-0.1, -0.05) is 0 Å². The van der Waals surface area contributed by atoms with Gasteiger partial charge in [0.05, 0.1) is 11.6 Å². The summed E-state index contributed by atoms with van der Waals surface area (Å²) < 4.78 is 27.8. The molecule has 0 radical (unpaired) electrons. The Balaban J connectivity index is 2.45. The van der Waals surface area contributed by atoms with Crippen LogP contribution < -0.4 is 16.0 Å². The number of carbonyl (C=O) groups excluding carboxylic acids is 1. The lowest BCUT2D eigenvalue weighted by Gasteiger charge is -2.36. The van der Waals surface area contributed by atoms with Crippen LogP contribution in [0.4, 0.5) is 14.5 Å². The van der Waals surface area contributed by atoms with Gasteiger partial charge in [-0.15, -0.1) is 0 Å². The number of rotatable bonds is 2. The zero-order chi connectivity index (χ0) is 14.0. The molecule has 100 valence electrons. The molecule has 1 saturated heterocycles. The number of nitrogens with two attached hydrogens (primary N) is 1. The number of nitrogens with zero attached hydrogens (tertiary/aromatic N) is 2. The van der Waals surface area contributed by atoms with Crippen LogP contribution in [0.1, 0.15) is 5.56 Å². The zero-order valence-electron chi connectivity index (χ0n) is 9.99. The molecular formula is C12H12F2N4O. The number of carbonyl (C=O) groups is 1. The van der Waals surface area contributed by atoms with Crippen LogP contribution in [0.15, 0.2) is 12.1 Å². The molecule has 1 aliphatic heterocycles. The number of piperazine rings is 1. The van der Waals surface area contributed by atoms with Gasteiger partial charge in [-0.3, -0.25) is 4.79 Å². The maximum atomic E-state index is 13.9. The van der Waals surface area contributed by atoms with Crippen molar-refractivity contribution in [3.8, 4) is 6.07 Å². The Morgan fingerprint density at radius 2 is 2.11 bits per heavy atom. The highest BCUT2D eigenvalue weighted by molar-refractivity contribution is 5.84. The van der Waals surface area contributed by atoms with E-state index in [0.29, 0.717) is 6.54 Å². The maximum Gasteiger partial charge on any atom is 0.241 e. The van der Waals surface area contributed by atoms with Gasteiger partial charge in [-0.25, -0.2) is 8.78 Å². The van der Waals surface area contributed by atoms with E-state index in [-0.39, 0.29) is 24.3 Å². The fraction of sp³-hybridized carbons (Fsp3) is 0.333. The van der Waals surface area contributed by atoms with Crippen LogP contribution in [0.5, 0.6) is 0 Å². The average Bonchev–Trinajstić information content (AvgIpc) is 2.38. The number of benzene rings is 1. The lowest BCUT2D eigenvalue weighted by atomic mass is 10.1. The van der Waals surface area contributed by atoms with Gasteiger partial charge in [0.25, 0.3) is 0 Å². The Morgan fingerprint density at radius 3 is 2.63 bits per heavy atom. The van der Waals surface area contributed by atoms with Crippen LogP contribution in [-0.4, -0.2) is 31.6 Å². The van der Waals surface area contributed by atoms with E-state index in [1.807, 2.05) is 0 Å². The quantitative estimate of drug-likeness (QED) is 0.795. The van der Waals surface area contributed by atoms with Gasteiger partial charge in [-0.05, 0) is 12.1 Å². The van der Waals surface area contributed by atoms with Crippen LogP contribution in [0.2, 0.25) is 0 Å². The van der Waals surface area contributed by atoms with Crippen LogP contribution >= 0.6 is 0 Å². The molecule has 1 fully saturated rings. The van der Waals surface area contributed by atoms with Crippen LogP contribution in [0.3, 0.4) is 0 Å². The highest BCUT2D eigenvalue weighted by Gasteiger charge is 2.30. The highest BCUT2D eigenvalue weighted by Crippen LogP contribution is 2.27. The molecule has 0 aromatic heterocycles. The van der Waals surface area contributed by atoms with Gasteiger partial charge in [0.1, 0.15) is 11.7 Å². The van der Waals surface area contributed by atoms with E-state index in [9.17, 15) is 13.6 Å². The minimum Gasteiger partial charge on any atom is -0.368 e. The monoisotopic (exact) mass is 266 g/mol. The van der Waals surface area contributed by atoms with Gasteiger partial charge in [0.2, 0.25) is 5.91 Å². The largest absolute Gasteiger partial charge is 0.368 e. The molecule has 0 saturated carbocycles. The molecule has 7 heteroatoms. The third-order valence-electron chi connectivity index (χ3n) is 3.01. The first-order chi connectivity index (χ1) is 9.04. The molecule has 1 unspecified atom stereocenters. The van der Waals surface area contributed by atoms with Crippen LogP contribution in [0, 0.1) is 23.0 Å². The van der Waals surface area contributed by atoms with E-state index in [0.717, 1.165) is 12.1 Å². The number of nitrogens with one attached hydrogen (secondary N) is 1. The smallest absolute Gasteiger partial charge is 0.241 e. The van der Waals surface area contributed by atoms with Crippen molar-refractivity contribution in [2.24, 2.45) is 5.73 Å². The van der Waals surface area contributed by atoms with E-state index in [4.69, 9.17) is 11.0 Å². The fourth-order valence-electron chi connectivity index (χ4n) is 2.13. The van der Waals surface area contributed by atoms with Crippen molar-refractivity contribution in [1.82, 2.24) is 5.32 Å². The minimum absolute atomic E-state index is 0.107. The Morgan fingerprint density at radius 1 is 1.47 bits per heavy atom. The minimum atomic E-state index is -0.871. The second kappa shape index (κ2) is 5.20. The Bertz CT molecular complexity index is 532. The summed E-state index contributed by atoms with van der Waals surface area (Å²) in [5, 5.41) is 11.6. The molecule has 0 spiro atoms. The number of halogens is 2. The summed E-state index contributed by atoms with van der Waals surface area (Å²) >= 11 is 0. The summed E-state index contributed by atoms with van der Waals surface area (Å²) in [4.78, 5) is 12.6. The van der Waals surface area contributed by atoms with Gasteiger partial charge in [-0.2, -0.15) is 5.26 Å². The summed E-state index contributed by atoms with van der Waals surface area (Å²) in [7, 11) is 0. The van der Waals surface area contributed by atoms with Crippen LogP contribution in [0.25, 0.3) is 0 Å². The molecule has 1 atom stereocenters. The molecule has 0 aliphatic carbocycles. The molecule has 0 bridgehead atoms. The van der Waals surface area contributed by atoms with Crippen molar-refractivity contribution in [3.05, 3.63) is 29.3 Å². The SMILES string of the molecule is N#Cc1cc(F)c(N2CCNCC2C(N)=O)c(F)c1. The van der Waals surface area contributed by atoms with Crippen molar-refractivity contribution < 1.29 is 13.6 Å². The topological polar surface area (TPSA) is 82.2 Å². The van der Waals surface area contributed by atoms with Crippen molar-refractivity contribution >= 4 is 11.6 Å². The summed E-state index contributed by atoms with van der Waals surface area (Å²) in [5.41, 5.74) is 4.81. The van der Waals surface area contributed by atoms with Crippen molar-refractivity contribution in [2.75, 3.05) is 24.5 Å². The molecule has 1 amide bonds. The third-order valence-corrected chi connectivity index (χ3v) is 3.01. The predicted molar refractivity (Wildman–Crippen MR) is 64.3 cm³/mol. The summed E-state index contributed by atoms with van der Waals surface area (Å²) in [6.07, 6.45) is 0. The summed E-state index contributed by atoms with van der Waals surface area (Å²) in [5.74, 6) is -2.40. The molecule has 1 heterocycles. The highest BCUT2D eigenvalue weighted by atomic mass is 19.1. The molecule has 1 aromatic rings. The number of primary amides is 1. The number of nitriles is 1. The number of hydrogen-bond acceptors (Lipinski definition) is 4. The first-order valence-electron chi connectivity index (χ1n) is 5.70. The van der Waals surface area contributed by atoms with Crippen molar-refractivity contribution in [2.45, 2.75) is 6.04 Å². The molecular weight excluding hydrogens is 254 g/mol. The Hall–Kier alpha value is -2.20. The number of hydrogen-bond donors (Lipinski definition) is 2. The lowest BCUT2D eigenvalue weighted by molar-refractivity contribution is -0.119. The standard InChI is InChI=1S/C12H12F2N4O/c13-8-3-7(5-15)4-9(14)11(8)18-2-1-17-6-10(18)12(16)19/h3-4,10,17H,1-2,6H2,(H2,16,19).